The van der Waals surface area contributed by atoms with Gasteiger partial charge in [0.2, 0.25) is 11.2 Å². The molecule has 14 nitrogen and oxygen atoms in total. The van der Waals surface area contributed by atoms with Crippen molar-refractivity contribution in [1.82, 2.24) is 0 Å². The number of hydrogen-bond donors (Lipinski definition) is 0. The molecule has 5 rings (SSSR count). The molecule has 0 aliphatic heterocycles. The van der Waals surface area contributed by atoms with E-state index in [2.05, 4.69) is 0 Å². The lowest BCUT2D eigenvalue weighted by Gasteiger charge is -2.22. The minimum absolute atomic E-state index is 0.102. The molecule has 0 atom stereocenters. The Morgan fingerprint density at radius 1 is 0.569 bits per heavy atom. The highest BCUT2D eigenvalue weighted by Gasteiger charge is 2.34. The maximum atomic E-state index is 14.3. The van der Waals surface area contributed by atoms with Crippen LogP contribution in [0, 0.1) is 0 Å². The van der Waals surface area contributed by atoms with E-state index >= 15 is 0 Å². The number of ketones is 1. The normalized spacial score (nSPS) is 10.7. The van der Waals surface area contributed by atoms with Gasteiger partial charge < -0.3 is 32.8 Å². The lowest BCUT2D eigenvalue weighted by atomic mass is 9.92. The number of methoxy groups -OCH3 is 1. The number of fused-ring (bicyclic) bond motifs is 2. The Morgan fingerprint density at radius 2 is 1.14 bits per heavy atom. The molecule has 0 aliphatic rings. The van der Waals surface area contributed by atoms with Crippen LogP contribution >= 0.6 is 0 Å². The Balaban J connectivity index is 2.04. The van der Waals surface area contributed by atoms with E-state index in [9.17, 15) is 33.6 Å². The summed E-state index contributed by atoms with van der Waals surface area (Å²) in [4.78, 5) is 90.4. The maximum Gasteiger partial charge on any atom is 0.308 e. The van der Waals surface area contributed by atoms with Gasteiger partial charge in [0.15, 0.2) is 34.2 Å². The van der Waals surface area contributed by atoms with Crippen molar-refractivity contribution in [2.24, 2.45) is 0 Å². The van der Waals surface area contributed by atoms with E-state index in [-0.39, 0.29) is 44.9 Å². The van der Waals surface area contributed by atoms with Gasteiger partial charge in [0.25, 0.3) is 0 Å². The van der Waals surface area contributed by atoms with Crippen LogP contribution < -0.4 is 33.8 Å². The van der Waals surface area contributed by atoms with Gasteiger partial charge >= 0.3 is 29.8 Å². The number of carbonyl (C=O) groups is 6. The van der Waals surface area contributed by atoms with Crippen LogP contribution in [0.4, 0.5) is 0 Å². The van der Waals surface area contributed by atoms with Gasteiger partial charge in [-0.3, -0.25) is 33.6 Å². The SMILES string of the molecule is COc1cc(OC(C)=O)c(C(=O)c2ccccc2)c(OC(C)=O)c1-c1cc(OC(C)=O)c2oc3c(OC(C)=O)cccc3c(=O)c2c1OC(C)=O. The topological polar surface area (TPSA) is 188 Å². The second kappa shape index (κ2) is 14.3. The first kappa shape index (κ1) is 35.5. The van der Waals surface area contributed by atoms with Gasteiger partial charge in [-0.05, 0) is 18.2 Å². The smallest absolute Gasteiger partial charge is 0.308 e. The first-order valence-corrected chi connectivity index (χ1v) is 15.1. The van der Waals surface area contributed by atoms with Crippen molar-refractivity contribution >= 4 is 57.6 Å². The Kier molecular flexibility index (Phi) is 9.97. The Labute approximate surface area is 288 Å². The fourth-order valence-electron chi connectivity index (χ4n) is 5.33. The Hall–Kier alpha value is -6.83. The number of carbonyl (C=O) groups excluding carboxylic acids is 6. The third-order valence-corrected chi connectivity index (χ3v) is 7.07. The molecule has 51 heavy (non-hydrogen) atoms. The van der Waals surface area contributed by atoms with E-state index < -0.39 is 74.8 Å². The number of benzene rings is 4. The molecule has 0 aliphatic carbocycles. The van der Waals surface area contributed by atoms with Crippen LogP contribution in [0.15, 0.2) is 69.9 Å². The van der Waals surface area contributed by atoms with Crippen molar-refractivity contribution in [3.8, 4) is 45.6 Å². The van der Waals surface area contributed by atoms with Crippen molar-refractivity contribution < 1.29 is 61.6 Å². The highest BCUT2D eigenvalue weighted by atomic mass is 16.6. The number of para-hydroxylation sites is 1. The summed E-state index contributed by atoms with van der Waals surface area (Å²) in [6.07, 6.45) is 0. The zero-order valence-electron chi connectivity index (χ0n) is 28.0. The molecular weight excluding hydrogens is 668 g/mol. The first-order valence-electron chi connectivity index (χ1n) is 15.1. The van der Waals surface area contributed by atoms with Crippen molar-refractivity contribution in [2.45, 2.75) is 34.6 Å². The molecule has 0 fully saturated rings. The number of esters is 5. The second-order valence-electron chi connectivity index (χ2n) is 10.8. The minimum atomic E-state index is -0.932. The van der Waals surface area contributed by atoms with Crippen molar-refractivity contribution in [2.75, 3.05) is 7.11 Å². The summed E-state index contributed by atoms with van der Waals surface area (Å²) in [5, 5.41) is -0.555. The Morgan fingerprint density at radius 3 is 1.73 bits per heavy atom. The summed E-state index contributed by atoms with van der Waals surface area (Å²) in [6.45, 7) is 5.40. The summed E-state index contributed by atoms with van der Waals surface area (Å²) in [6, 6.07) is 14.2. The van der Waals surface area contributed by atoms with E-state index in [1.807, 2.05) is 0 Å². The van der Waals surface area contributed by atoms with Gasteiger partial charge in [-0.1, -0.05) is 36.4 Å². The molecule has 5 aromatic rings. The average Bonchev–Trinajstić information content (AvgIpc) is 3.05. The van der Waals surface area contributed by atoms with Gasteiger partial charge in [0, 0.05) is 51.8 Å². The zero-order valence-corrected chi connectivity index (χ0v) is 28.0. The van der Waals surface area contributed by atoms with Crippen LogP contribution in [0.25, 0.3) is 33.1 Å². The largest absolute Gasteiger partial charge is 0.496 e. The standard InChI is InChI=1S/C37H28O14/c1-17(38)46-25-14-10-13-23-33(44)31-35(49-20(4)41)24(15-28(48-19(3)40)36(31)51-34(23)25)29-26(45-6)16-27(47-18(2)39)30(37(29)50-21(5)42)32(43)22-11-8-7-9-12-22/h7-16H,1-6H3. The highest BCUT2D eigenvalue weighted by molar-refractivity contribution is 6.16. The molecule has 0 saturated heterocycles. The van der Waals surface area contributed by atoms with Gasteiger partial charge in [0.1, 0.15) is 22.4 Å². The van der Waals surface area contributed by atoms with Crippen molar-refractivity contribution in [3.05, 3.63) is 82.0 Å². The van der Waals surface area contributed by atoms with Crippen molar-refractivity contribution in [1.29, 1.82) is 0 Å². The maximum absolute atomic E-state index is 14.3. The van der Waals surface area contributed by atoms with E-state index in [1.54, 1.807) is 18.2 Å². The van der Waals surface area contributed by atoms with Crippen LogP contribution in [0.1, 0.15) is 50.5 Å². The van der Waals surface area contributed by atoms with Crippen LogP contribution in [0.5, 0.6) is 34.5 Å². The number of ether oxygens (including phenoxy) is 6. The fourth-order valence-corrected chi connectivity index (χ4v) is 5.33. The molecule has 0 radical (unpaired) electrons. The molecule has 1 heterocycles. The molecule has 1 aromatic heterocycles. The van der Waals surface area contributed by atoms with E-state index in [0.717, 1.165) is 40.7 Å². The average molecular weight is 697 g/mol. The van der Waals surface area contributed by atoms with Gasteiger partial charge in [0.05, 0.1) is 18.1 Å². The monoisotopic (exact) mass is 696 g/mol. The quantitative estimate of drug-likeness (QED) is 0.0815. The predicted octanol–water partition coefficient (Wildman–Crippen LogP) is 5.48. The second-order valence-corrected chi connectivity index (χ2v) is 10.8. The molecule has 4 aromatic carbocycles. The summed E-state index contributed by atoms with van der Waals surface area (Å²) in [5.41, 5.74) is -2.22. The lowest BCUT2D eigenvalue weighted by Crippen LogP contribution is -2.15. The Bertz CT molecular complexity index is 2350. The van der Waals surface area contributed by atoms with Crippen LogP contribution in [0.2, 0.25) is 0 Å². The summed E-state index contributed by atoms with van der Waals surface area (Å²) >= 11 is 0. The van der Waals surface area contributed by atoms with Gasteiger partial charge in [-0.15, -0.1) is 0 Å². The molecule has 0 amide bonds. The van der Waals surface area contributed by atoms with E-state index in [0.29, 0.717) is 0 Å². The molecule has 0 unspecified atom stereocenters. The van der Waals surface area contributed by atoms with Gasteiger partial charge in [-0.2, -0.15) is 0 Å². The predicted molar refractivity (Wildman–Crippen MR) is 178 cm³/mol. The summed E-state index contributed by atoms with van der Waals surface area (Å²) < 4.78 is 39.1. The van der Waals surface area contributed by atoms with Crippen LogP contribution in [-0.4, -0.2) is 42.7 Å². The zero-order chi connectivity index (χ0) is 37.1. The molecule has 0 saturated carbocycles. The molecule has 260 valence electrons. The number of rotatable bonds is 9. The van der Waals surface area contributed by atoms with Crippen LogP contribution in [0.3, 0.4) is 0 Å². The van der Waals surface area contributed by atoms with Gasteiger partial charge in [-0.25, -0.2) is 0 Å². The molecule has 0 spiro atoms. The lowest BCUT2D eigenvalue weighted by molar-refractivity contribution is -0.133. The summed E-state index contributed by atoms with van der Waals surface area (Å²) in [7, 11) is 1.21. The van der Waals surface area contributed by atoms with Crippen LogP contribution in [-0.2, 0) is 24.0 Å². The first-order chi connectivity index (χ1) is 24.2. The molecule has 0 bridgehead atoms. The molecular formula is C37H28O14. The molecule has 0 N–H and O–H groups in total. The van der Waals surface area contributed by atoms with E-state index in [4.69, 9.17) is 32.8 Å². The summed E-state index contributed by atoms with van der Waals surface area (Å²) in [5.74, 6) is -7.10. The fraction of sp³-hybridized carbons (Fsp3) is 0.162. The minimum Gasteiger partial charge on any atom is -0.496 e. The van der Waals surface area contributed by atoms with E-state index in [1.165, 1.54) is 43.5 Å². The highest BCUT2D eigenvalue weighted by Crippen LogP contribution is 2.52. The van der Waals surface area contributed by atoms with Crippen molar-refractivity contribution in [3.63, 3.8) is 0 Å². The number of hydrogen-bond acceptors (Lipinski definition) is 14. The molecule has 14 heteroatoms. The third-order valence-electron chi connectivity index (χ3n) is 7.07. The third kappa shape index (κ3) is 7.15.